The molecule has 1 aromatic rings. The molecular weight excluding hydrogens is 264 g/mol. The minimum absolute atomic E-state index is 0.202. The molecule has 2 aliphatic rings. The van der Waals surface area contributed by atoms with Gasteiger partial charge in [0.25, 0.3) is 0 Å². The van der Waals surface area contributed by atoms with Gasteiger partial charge in [0.1, 0.15) is 0 Å². The maximum Gasteiger partial charge on any atom is 0.227 e. The Bertz CT molecular complexity index is 544. The molecule has 0 saturated carbocycles. The number of ether oxygens (including phenoxy) is 1. The van der Waals surface area contributed by atoms with Gasteiger partial charge in [0.05, 0.1) is 18.2 Å². The smallest absolute Gasteiger partial charge is 0.227 e. The van der Waals surface area contributed by atoms with Crippen molar-refractivity contribution in [1.29, 1.82) is 0 Å². The van der Waals surface area contributed by atoms with Crippen molar-refractivity contribution in [3.05, 3.63) is 29.3 Å². The van der Waals surface area contributed by atoms with Gasteiger partial charge in [-0.25, -0.2) is 0 Å². The summed E-state index contributed by atoms with van der Waals surface area (Å²) in [5.41, 5.74) is 3.57. The summed E-state index contributed by atoms with van der Waals surface area (Å²) in [6, 6.07) is 6.67. The number of amides is 1. The summed E-state index contributed by atoms with van der Waals surface area (Å²) in [6.45, 7) is 2.14. The number of hydrogen-bond donors (Lipinski definition) is 1. The maximum absolute atomic E-state index is 11.8. The van der Waals surface area contributed by atoms with Crippen LogP contribution in [0.5, 0.6) is 0 Å². The molecule has 1 amide bonds. The van der Waals surface area contributed by atoms with Gasteiger partial charge < -0.3 is 15.0 Å². The molecule has 0 aromatic heterocycles. The Hall–Kier alpha value is -1.39. The van der Waals surface area contributed by atoms with E-state index in [2.05, 4.69) is 30.4 Å². The molecule has 0 bridgehead atoms. The number of nitrogens with zero attached hydrogens (tertiary/aromatic N) is 1. The largest absolute Gasteiger partial charge is 0.373 e. The standard InChI is InChI=1S/C17H24N2O2/c1-11-4-8-15(21-11)17(18-2)13-5-7-14-12(10-13)6-9-16(20)19(14)3/h5,7,10-11,15,17-18H,4,6,8-9H2,1-3H3. The van der Waals surface area contributed by atoms with Crippen LogP contribution < -0.4 is 10.2 Å². The maximum atomic E-state index is 11.8. The molecule has 1 fully saturated rings. The van der Waals surface area contributed by atoms with Crippen molar-refractivity contribution in [2.75, 3.05) is 19.0 Å². The van der Waals surface area contributed by atoms with Crippen molar-refractivity contribution >= 4 is 11.6 Å². The van der Waals surface area contributed by atoms with Crippen LogP contribution in [0, 0.1) is 0 Å². The SMILES string of the molecule is CNC(c1ccc2c(c1)CCC(=O)N2C)C1CCC(C)O1. The molecule has 4 heteroatoms. The zero-order chi connectivity index (χ0) is 15.0. The fourth-order valence-corrected chi connectivity index (χ4v) is 3.52. The van der Waals surface area contributed by atoms with Crippen LogP contribution in [-0.4, -0.2) is 32.2 Å². The van der Waals surface area contributed by atoms with Crippen molar-refractivity contribution in [1.82, 2.24) is 5.32 Å². The summed E-state index contributed by atoms with van der Waals surface area (Å²) in [6.07, 6.45) is 4.27. The lowest BCUT2D eigenvalue weighted by Crippen LogP contribution is -2.32. The summed E-state index contributed by atoms with van der Waals surface area (Å²) in [5.74, 6) is 0.202. The first-order valence-electron chi connectivity index (χ1n) is 7.82. The number of benzene rings is 1. The predicted molar refractivity (Wildman–Crippen MR) is 83.5 cm³/mol. The molecule has 1 N–H and O–H groups in total. The van der Waals surface area contributed by atoms with Crippen LogP contribution in [-0.2, 0) is 16.0 Å². The van der Waals surface area contributed by atoms with E-state index in [0.717, 1.165) is 24.9 Å². The molecule has 3 atom stereocenters. The molecule has 4 nitrogen and oxygen atoms in total. The van der Waals surface area contributed by atoms with E-state index in [-0.39, 0.29) is 18.1 Å². The van der Waals surface area contributed by atoms with Gasteiger partial charge in [-0.05, 0) is 50.4 Å². The molecule has 2 aliphatic heterocycles. The van der Waals surface area contributed by atoms with Gasteiger partial charge in [0.15, 0.2) is 0 Å². The molecule has 1 saturated heterocycles. The third-order valence-corrected chi connectivity index (χ3v) is 4.75. The van der Waals surface area contributed by atoms with Crippen LogP contribution in [0.3, 0.4) is 0 Å². The number of rotatable bonds is 3. The van der Waals surface area contributed by atoms with Crippen molar-refractivity contribution < 1.29 is 9.53 Å². The normalized spacial score (nSPS) is 26.8. The highest BCUT2D eigenvalue weighted by molar-refractivity contribution is 5.95. The minimum Gasteiger partial charge on any atom is -0.373 e. The summed E-state index contributed by atoms with van der Waals surface area (Å²) in [7, 11) is 3.85. The molecule has 0 spiro atoms. The summed E-state index contributed by atoms with van der Waals surface area (Å²) in [5, 5.41) is 3.40. The topological polar surface area (TPSA) is 41.6 Å². The van der Waals surface area contributed by atoms with Gasteiger partial charge in [-0.15, -0.1) is 0 Å². The number of carbonyl (C=O) groups is 1. The molecule has 1 aromatic carbocycles. The van der Waals surface area contributed by atoms with Crippen molar-refractivity contribution in [2.45, 2.75) is 50.9 Å². The summed E-state index contributed by atoms with van der Waals surface area (Å²) < 4.78 is 6.02. The fraction of sp³-hybridized carbons (Fsp3) is 0.588. The first-order valence-corrected chi connectivity index (χ1v) is 7.82. The predicted octanol–water partition coefficient (Wildman–Crippen LogP) is 2.42. The van der Waals surface area contributed by atoms with E-state index in [1.165, 1.54) is 11.1 Å². The number of carbonyl (C=O) groups excluding carboxylic acids is 1. The average molecular weight is 288 g/mol. The van der Waals surface area contributed by atoms with Crippen molar-refractivity contribution in [2.24, 2.45) is 0 Å². The third kappa shape index (κ3) is 2.70. The molecule has 3 rings (SSSR count). The van der Waals surface area contributed by atoms with Crippen molar-refractivity contribution in [3.63, 3.8) is 0 Å². The molecule has 0 radical (unpaired) electrons. The van der Waals surface area contributed by atoms with E-state index in [1.54, 1.807) is 4.90 Å². The molecule has 114 valence electrons. The van der Waals surface area contributed by atoms with Crippen LogP contribution in [0.4, 0.5) is 5.69 Å². The molecule has 0 aliphatic carbocycles. The molecule has 21 heavy (non-hydrogen) atoms. The van der Waals surface area contributed by atoms with E-state index in [4.69, 9.17) is 4.74 Å². The first-order chi connectivity index (χ1) is 10.1. The fourth-order valence-electron chi connectivity index (χ4n) is 3.52. The highest BCUT2D eigenvalue weighted by Gasteiger charge is 2.30. The van der Waals surface area contributed by atoms with E-state index >= 15 is 0 Å². The minimum atomic E-state index is 0.202. The van der Waals surface area contributed by atoms with E-state index in [9.17, 15) is 4.79 Å². The number of fused-ring (bicyclic) bond motifs is 1. The second-order valence-corrected chi connectivity index (χ2v) is 6.17. The van der Waals surface area contributed by atoms with E-state index in [1.807, 2.05) is 14.1 Å². The number of anilines is 1. The van der Waals surface area contributed by atoms with E-state index in [0.29, 0.717) is 12.5 Å². The van der Waals surface area contributed by atoms with Crippen LogP contribution in [0.1, 0.15) is 43.4 Å². The third-order valence-electron chi connectivity index (χ3n) is 4.75. The molecule has 3 unspecified atom stereocenters. The zero-order valence-electron chi connectivity index (χ0n) is 13.1. The van der Waals surface area contributed by atoms with Crippen LogP contribution in [0.15, 0.2) is 18.2 Å². The lowest BCUT2D eigenvalue weighted by Gasteiger charge is -2.29. The van der Waals surface area contributed by atoms with Crippen LogP contribution >= 0.6 is 0 Å². The number of hydrogen-bond acceptors (Lipinski definition) is 3. The Kier molecular flexibility index (Phi) is 4.00. The molecular formula is C17H24N2O2. The van der Waals surface area contributed by atoms with Gasteiger partial charge in [0.2, 0.25) is 5.91 Å². The Morgan fingerprint density at radius 3 is 2.81 bits per heavy atom. The molecule has 2 heterocycles. The summed E-state index contributed by atoms with van der Waals surface area (Å²) >= 11 is 0. The first kappa shape index (κ1) is 14.5. The second-order valence-electron chi connectivity index (χ2n) is 6.17. The monoisotopic (exact) mass is 288 g/mol. The number of likely N-dealkylation sites (N-methyl/N-ethyl adjacent to an activating group) is 1. The number of nitrogens with one attached hydrogen (secondary N) is 1. The number of aryl methyl sites for hydroxylation is 1. The lowest BCUT2D eigenvalue weighted by atomic mass is 9.93. The van der Waals surface area contributed by atoms with Gasteiger partial charge >= 0.3 is 0 Å². The Morgan fingerprint density at radius 1 is 1.33 bits per heavy atom. The van der Waals surface area contributed by atoms with Crippen molar-refractivity contribution in [3.8, 4) is 0 Å². The van der Waals surface area contributed by atoms with Crippen LogP contribution in [0.25, 0.3) is 0 Å². The second kappa shape index (κ2) is 5.78. The van der Waals surface area contributed by atoms with Crippen LogP contribution in [0.2, 0.25) is 0 Å². The highest BCUT2D eigenvalue weighted by Crippen LogP contribution is 2.34. The lowest BCUT2D eigenvalue weighted by molar-refractivity contribution is -0.118. The summed E-state index contributed by atoms with van der Waals surface area (Å²) in [4.78, 5) is 13.5. The van der Waals surface area contributed by atoms with Gasteiger partial charge in [-0.2, -0.15) is 0 Å². The average Bonchev–Trinajstić information content (AvgIpc) is 2.90. The Balaban J connectivity index is 1.87. The van der Waals surface area contributed by atoms with Gasteiger partial charge in [0, 0.05) is 19.2 Å². The quantitative estimate of drug-likeness (QED) is 0.929. The van der Waals surface area contributed by atoms with E-state index < -0.39 is 0 Å². The highest BCUT2D eigenvalue weighted by atomic mass is 16.5. The zero-order valence-corrected chi connectivity index (χ0v) is 13.1. The Morgan fingerprint density at radius 2 is 2.14 bits per heavy atom. The Labute approximate surface area is 126 Å². The van der Waals surface area contributed by atoms with Gasteiger partial charge in [-0.3, -0.25) is 4.79 Å². The van der Waals surface area contributed by atoms with Gasteiger partial charge in [-0.1, -0.05) is 12.1 Å².